The van der Waals surface area contributed by atoms with Crippen LogP contribution < -0.4 is 3.26 Å². The van der Waals surface area contributed by atoms with Crippen LogP contribution in [0.25, 0.3) is 0 Å². The van der Waals surface area contributed by atoms with Crippen LogP contribution in [0.5, 0.6) is 0 Å². The van der Waals surface area contributed by atoms with E-state index in [1.54, 1.807) is 0 Å². The van der Waals surface area contributed by atoms with Crippen LogP contribution in [0.2, 0.25) is 24.3 Å². The van der Waals surface area contributed by atoms with E-state index >= 15 is 0 Å². The first-order chi connectivity index (χ1) is 9.15. The van der Waals surface area contributed by atoms with Gasteiger partial charge in [0.05, 0.1) is 0 Å². The molecular weight excluding hydrogens is 428 g/mol. The van der Waals surface area contributed by atoms with Crippen LogP contribution in [0.1, 0.15) is 34.1 Å². The quantitative estimate of drug-likeness (QED) is 0.534. The minimum absolute atomic E-state index is 0. The third-order valence-electron chi connectivity index (χ3n) is 3.71. The molecular formula is C16H36Cl2NO2SiZr. The zero-order valence-electron chi connectivity index (χ0n) is 16.0. The van der Waals surface area contributed by atoms with Crippen molar-refractivity contribution in [2.24, 2.45) is 0 Å². The van der Waals surface area contributed by atoms with Gasteiger partial charge in [-0.25, -0.2) is 0 Å². The Labute approximate surface area is 155 Å². The van der Waals surface area contributed by atoms with Crippen molar-refractivity contribution in [3.63, 3.8) is 0 Å². The SMILES string of the molecule is Cl.Cl.[CH2]=[Zr]([CH3])([NH]C(C)(C)C)([O]CC)([O][Si](C)(C)C)[C]1=CC=CC1. The van der Waals surface area contributed by atoms with Crippen LogP contribution in [0.15, 0.2) is 21.5 Å². The van der Waals surface area contributed by atoms with Crippen LogP contribution in [-0.2, 0) is 23.3 Å². The van der Waals surface area contributed by atoms with Gasteiger partial charge in [-0.3, -0.25) is 0 Å². The molecule has 1 aliphatic carbocycles. The Morgan fingerprint density at radius 2 is 1.78 bits per heavy atom. The molecule has 1 N–H and O–H groups in total. The van der Waals surface area contributed by atoms with Crippen molar-refractivity contribution in [3.8, 4) is 0 Å². The summed E-state index contributed by atoms with van der Waals surface area (Å²) < 4.78 is 25.3. The second kappa shape index (κ2) is 7.26. The molecule has 0 saturated carbocycles. The fourth-order valence-corrected chi connectivity index (χ4v) is 34.0. The Morgan fingerprint density at radius 3 is 2.09 bits per heavy atom. The third-order valence-corrected chi connectivity index (χ3v) is 26.5. The van der Waals surface area contributed by atoms with Crippen molar-refractivity contribution in [3.05, 3.63) is 21.5 Å². The molecule has 0 unspecified atom stereocenters. The van der Waals surface area contributed by atoms with Gasteiger partial charge in [-0.2, -0.15) is 0 Å². The van der Waals surface area contributed by atoms with Crippen LogP contribution in [0.4, 0.5) is 0 Å². The Balaban J connectivity index is 0. The summed E-state index contributed by atoms with van der Waals surface area (Å²) in [4.78, 5) is 0. The molecule has 0 bridgehead atoms. The van der Waals surface area contributed by atoms with Crippen molar-refractivity contribution in [2.45, 2.75) is 63.9 Å². The molecule has 0 radical (unpaired) electrons. The fourth-order valence-electron chi connectivity index (χ4n) is 3.87. The molecule has 0 fully saturated rings. The van der Waals surface area contributed by atoms with Gasteiger partial charge in [0.15, 0.2) is 0 Å². The molecule has 0 aromatic heterocycles. The summed E-state index contributed by atoms with van der Waals surface area (Å²) in [6.07, 6.45) is 7.27. The van der Waals surface area contributed by atoms with Crippen LogP contribution in [0.3, 0.4) is 0 Å². The number of hydrogen-bond acceptors (Lipinski definition) is 3. The second-order valence-corrected chi connectivity index (χ2v) is 30.1. The molecule has 23 heavy (non-hydrogen) atoms. The summed E-state index contributed by atoms with van der Waals surface area (Å²) >= 11 is -4.95. The summed E-state index contributed by atoms with van der Waals surface area (Å²) in [7, 11) is -1.87. The number of halogens is 2. The molecule has 0 aromatic carbocycles. The molecule has 1 rings (SSSR count). The third kappa shape index (κ3) is 6.29. The minimum atomic E-state index is -4.95. The molecule has 0 aliphatic heterocycles. The van der Waals surface area contributed by atoms with E-state index in [2.05, 4.69) is 66.5 Å². The molecule has 0 aromatic rings. The summed E-state index contributed by atoms with van der Waals surface area (Å²) in [6.45, 7) is 15.7. The van der Waals surface area contributed by atoms with Gasteiger partial charge >= 0.3 is 131 Å². The number of nitrogens with one attached hydrogen (secondary N) is 1. The molecule has 3 nitrogen and oxygen atoms in total. The Hall–Kier alpha value is 0.910. The Bertz CT molecular complexity index is 552. The van der Waals surface area contributed by atoms with Gasteiger partial charge in [0.25, 0.3) is 0 Å². The van der Waals surface area contributed by atoms with E-state index in [-0.39, 0.29) is 30.4 Å². The van der Waals surface area contributed by atoms with E-state index in [0.717, 1.165) is 6.42 Å². The van der Waals surface area contributed by atoms with Gasteiger partial charge in [-0.1, -0.05) is 0 Å². The molecule has 0 spiro atoms. The first-order valence-corrected chi connectivity index (χ1v) is 20.0. The molecule has 7 heteroatoms. The molecule has 0 heterocycles. The van der Waals surface area contributed by atoms with E-state index in [0.29, 0.717) is 6.61 Å². The predicted octanol–water partition coefficient (Wildman–Crippen LogP) is 5.40. The molecule has 1 aliphatic rings. The van der Waals surface area contributed by atoms with E-state index in [1.165, 1.54) is 3.28 Å². The summed E-state index contributed by atoms with van der Waals surface area (Å²) in [5, 5.41) is 0. The van der Waals surface area contributed by atoms with Crippen LogP contribution >= 0.6 is 24.8 Å². The molecule has 0 atom stereocenters. The van der Waals surface area contributed by atoms with Crippen molar-refractivity contribution >= 4 is 37.3 Å². The van der Waals surface area contributed by atoms with Crippen LogP contribution in [-0.4, -0.2) is 24.7 Å². The van der Waals surface area contributed by atoms with Crippen molar-refractivity contribution < 1.29 is 23.3 Å². The summed E-state index contributed by atoms with van der Waals surface area (Å²) in [6, 6.07) is 0. The first kappa shape index (κ1) is 26.1. The van der Waals surface area contributed by atoms with E-state index in [1.807, 2.05) is 6.92 Å². The number of allylic oxidation sites excluding steroid dienone is 4. The zero-order valence-corrected chi connectivity index (χ0v) is 21.1. The first-order valence-electron chi connectivity index (χ1n) is 7.93. The van der Waals surface area contributed by atoms with Gasteiger partial charge < -0.3 is 0 Å². The zero-order chi connectivity index (χ0) is 16.6. The monoisotopic (exact) mass is 462 g/mol. The molecule has 139 valence electrons. The van der Waals surface area contributed by atoms with Crippen LogP contribution in [0, 0.1) is 0 Å². The summed E-state index contributed by atoms with van der Waals surface area (Å²) in [5.41, 5.74) is -0.133. The average molecular weight is 465 g/mol. The van der Waals surface area contributed by atoms with Gasteiger partial charge in [0.1, 0.15) is 0 Å². The maximum atomic E-state index is 6.89. The summed E-state index contributed by atoms with van der Waals surface area (Å²) in [5.74, 6) is 0. The van der Waals surface area contributed by atoms with Gasteiger partial charge in [-0.05, 0) is 0 Å². The van der Waals surface area contributed by atoms with E-state index < -0.39 is 26.3 Å². The maximum absolute atomic E-state index is 6.89. The molecule has 0 saturated heterocycles. The number of hydrogen-bond donors (Lipinski definition) is 1. The van der Waals surface area contributed by atoms with E-state index in [4.69, 9.17) is 9.53 Å². The Morgan fingerprint density at radius 1 is 1.26 bits per heavy atom. The average Bonchev–Trinajstić information content (AvgIpc) is 2.62. The molecule has 0 amide bonds. The number of rotatable bonds is 6. The van der Waals surface area contributed by atoms with Crippen molar-refractivity contribution in [1.29, 1.82) is 0 Å². The normalized spacial score (nSPS) is 18.3. The topological polar surface area (TPSA) is 30.5 Å². The van der Waals surface area contributed by atoms with Crippen molar-refractivity contribution in [1.82, 2.24) is 3.26 Å². The predicted molar refractivity (Wildman–Crippen MR) is 108 cm³/mol. The van der Waals surface area contributed by atoms with Gasteiger partial charge in [-0.15, -0.1) is 24.8 Å². The standard InChI is InChI=1S/C5H5.C4H10N.C3H9OSi.C2H5O.CH3.CH2.2ClH.Zr/c1-2-4-5-3-1;1-4(2,3)5;1-5(2,3)4;1-2-3;;;;;/h1-3H,4H2;5H,1-3H3;1-3H3;2H2,1H3;1H3;1H2;2*1H;/q;3*-1;;;;;+3. The van der Waals surface area contributed by atoms with Gasteiger partial charge in [0, 0.05) is 0 Å². The second-order valence-electron chi connectivity index (χ2n) is 8.87. The van der Waals surface area contributed by atoms with Crippen molar-refractivity contribution in [2.75, 3.05) is 6.61 Å². The fraction of sp³-hybridized carbons (Fsp3) is 0.688. The Kier molecular flexibility index (Phi) is 8.26. The van der Waals surface area contributed by atoms with E-state index in [9.17, 15) is 0 Å². The van der Waals surface area contributed by atoms with Gasteiger partial charge in [0.2, 0.25) is 0 Å².